The summed E-state index contributed by atoms with van der Waals surface area (Å²) >= 11 is 3.39. The highest BCUT2D eigenvalue weighted by atomic mass is 79.9. The summed E-state index contributed by atoms with van der Waals surface area (Å²) < 4.78 is 40.7. The van der Waals surface area contributed by atoms with Crippen molar-refractivity contribution >= 4 is 27.5 Å². The molecule has 1 aromatic carbocycles. The average molecular weight is 365 g/mol. The lowest BCUT2D eigenvalue weighted by atomic mass is 9.85. The number of hydrogen-bond donors (Lipinski definition) is 2. The van der Waals surface area contributed by atoms with Crippen LogP contribution in [0.4, 0.5) is 18.9 Å². The molecule has 116 valence electrons. The van der Waals surface area contributed by atoms with Crippen LogP contribution in [0.3, 0.4) is 0 Å². The van der Waals surface area contributed by atoms with Gasteiger partial charge in [0.2, 0.25) is 5.91 Å². The average Bonchev–Trinajstić information content (AvgIpc) is 2.85. The summed E-state index contributed by atoms with van der Waals surface area (Å²) in [7, 11) is 0. The summed E-state index contributed by atoms with van der Waals surface area (Å²) in [6.07, 6.45) is -4.81. The summed E-state index contributed by atoms with van der Waals surface area (Å²) in [6.45, 7) is 3.45. The molecule has 7 heteroatoms. The Labute approximate surface area is 129 Å². The van der Waals surface area contributed by atoms with Crippen LogP contribution in [0.2, 0.25) is 0 Å². The van der Waals surface area contributed by atoms with E-state index in [1.165, 1.54) is 0 Å². The highest BCUT2D eigenvalue weighted by Crippen LogP contribution is 2.44. The molecule has 21 heavy (non-hydrogen) atoms. The molecular formula is C14H16BrF3N2O. The van der Waals surface area contributed by atoms with Gasteiger partial charge in [0.05, 0.1) is 0 Å². The zero-order valence-corrected chi connectivity index (χ0v) is 13.3. The van der Waals surface area contributed by atoms with Gasteiger partial charge in [0.15, 0.2) is 5.41 Å². The van der Waals surface area contributed by atoms with E-state index in [1.807, 2.05) is 13.8 Å². The predicted octanol–water partition coefficient (Wildman–Crippen LogP) is 3.55. The van der Waals surface area contributed by atoms with Gasteiger partial charge in [0, 0.05) is 16.7 Å². The number of rotatable bonds is 2. The summed E-state index contributed by atoms with van der Waals surface area (Å²) in [4.78, 5) is 12.2. The van der Waals surface area contributed by atoms with Gasteiger partial charge < -0.3 is 10.6 Å². The monoisotopic (exact) mass is 364 g/mol. The molecule has 1 aliphatic heterocycles. The normalized spacial score (nSPS) is 22.4. The van der Waals surface area contributed by atoms with E-state index in [-0.39, 0.29) is 19.5 Å². The summed E-state index contributed by atoms with van der Waals surface area (Å²) in [6, 6.07) is 3.31. The lowest BCUT2D eigenvalue weighted by Gasteiger charge is -2.29. The van der Waals surface area contributed by atoms with Gasteiger partial charge in [-0.3, -0.25) is 4.79 Å². The molecule has 2 rings (SSSR count). The number of carbonyl (C=O) groups excluding carboxylic acids is 1. The van der Waals surface area contributed by atoms with Crippen LogP contribution in [0.1, 0.15) is 17.5 Å². The van der Waals surface area contributed by atoms with E-state index in [4.69, 9.17) is 0 Å². The fraction of sp³-hybridized carbons (Fsp3) is 0.500. The second-order valence-corrected chi connectivity index (χ2v) is 6.18. The predicted molar refractivity (Wildman–Crippen MR) is 78.2 cm³/mol. The Kier molecular flexibility index (Phi) is 4.35. The Bertz CT molecular complexity index is 543. The quantitative estimate of drug-likeness (QED) is 0.842. The SMILES string of the molecule is Cc1cc(NC(=O)C2(C(F)(F)F)CCNC2)cc(C)c1Br. The second kappa shape index (κ2) is 5.61. The number of amides is 1. The van der Waals surface area contributed by atoms with Crippen molar-refractivity contribution in [2.45, 2.75) is 26.4 Å². The molecule has 0 bridgehead atoms. The van der Waals surface area contributed by atoms with Crippen LogP contribution in [-0.2, 0) is 4.79 Å². The van der Waals surface area contributed by atoms with E-state index in [0.29, 0.717) is 5.69 Å². The van der Waals surface area contributed by atoms with Crippen LogP contribution in [0.25, 0.3) is 0 Å². The fourth-order valence-corrected chi connectivity index (χ4v) is 2.75. The second-order valence-electron chi connectivity index (χ2n) is 5.38. The zero-order chi connectivity index (χ0) is 15.8. The van der Waals surface area contributed by atoms with Gasteiger partial charge >= 0.3 is 6.18 Å². The third-order valence-electron chi connectivity index (χ3n) is 3.83. The van der Waals surface area contributed by atoms with E-state index in [2.05, 4.69) is 26.6 Å². The molecule has 0 radical (unpaired) electrons. The van der Waals surface area contributed by atoms with Gasteiger partial charge in [-0.15, -0.1) is 0 Å². The molecular weight excluding hydrogens is 349 g/mol. The van der Waals surface area contributed by atoms with Gasteiger partial charge in [-0.1, -0.05) is 15.9 Å². The van der Waals surface area contributed by atoms with Crippen molar-refractivity contribution in [2.24, 2.45) is 5.41 Å². The third-order valence-corrected chi connectivity index (χ3v) is 5.08. The van der Waals surface area contributed by atoms with E-state index >= 15 is 0 Å². The molecule has 1 unspecified atom stereocenters. The number of nitrogens with one attached hydrogen (secondary N) is 2. The first-order chi connectivity index (χ1) is 9.67. The van der Waals surface area contributed by atoms with Gasteiger partial charge in [-0.25, -0.2) is 0 Å². The number of hydrogen-bond acceptors (Lipinski definition) is 2. The minimum atomic E-state index is -4.57. The zero-order valence-electron chi connectivity index (χ0n) is 11.7. The Morgan fingerprint density at radius 3 is 2.33 bits per heavy atom. The van der Waals surface area contributed by atoms with Crippen molar-refractivity contribution in [3.8, 4) is 0 Å². The number of halogens is 4. The Morgan fingerprint density at radius 1 is 1.33 bits per heavy atom. The lowest BCUT2D eigenvalue weighted by molar-refractivity contribution is -0.213. The summed E-state index contributed by atoms with van der Waals surface area (Å²) in [5, 5.41) is 5.05. The van der Waals surface area contributed by atoms with Crippen molar-refractivity contribution in [1.82, 2.24) is 5.32 Å². The topological polar surface area (TPSA) is 41.1 Å². The van der Waals surface area contributed by atoms with Crippen LogP contribution >= 0.6 is 15.9 Å². The third kappa shape index (κ3) is 2.94. The van der Waals surface area contributed by atoms with Crippen LogP contribution in [-0.4, -0.2) is 25.2 Å². The molecule has 0 saturated carbocycles. The highest BCUT2D eigenvalue weighted by molar-refractivity contribution is 9.10. The van der Waals surface area contributed by atoms with E-state index in [9.17, 15) is 18.0 Å². The van der Waals surface area contributed by atoms with E-state index in [1.54, 1.807) is 12.1 Å². The van der Waals surface area contributed by atoms with E-state index in [0.717, 1.165) is 15.6 Å². The molecule has 0 spiro atoms. The fourth-order valence-electron chi connectivity index (χ4n) is 2.53. The molecule has 0 aromatic heterocycles. The molecule has 2 N–H and O–H groups in total. The first kappa shape index (κ1) is 16.3. The number of aryl methyl sites for hydroxylation is 2. The molecule has 0 aliphatic carbocycles. The van der Waals surface area contributed by atoms with Gasteiger partial charge in [0.1, 0.15) is 0 Å². The van der Waals surface area contributed by atoms with Gasteiger partial charge in [0.25, 0.3) is 0 Å². The molecule has 1 fully saturated rings. The van der Waals surface area contributed by atoms with Crippen LogP contribution in [0.5, 0.6) is 0 Å². The molecule has 3 nitrogen and oxygen atoms in total. The standard InChI is InChI=1S/C14H16BrF3N2O/c1-8-5-10(6-9(2)11(8)15)20-12(21)13(14(16,17)18)3-4-19-7-13/h5-6,19H,3-4,7H2,1-2H3,(H,20,21). The van der Waals surface area contributed by atoms with E-state index < -0.39 is 17.5 Å². The first-order valence-electron chi connectivity index (χ1n) is 6.53. The first-order valence-corrected chi connectivity index (χ1v) is 7.32. The van der Waals surface area contributed by atoms with Crippen molar-refractivity contribution < 1.29 is 18.0 Å². The molecule has 1 aliphatic rings. The Hall–Kier alpha value is -1.08. The summed E-state index contributed by atoms with van der Waals surface area (Å²) in [5.74, 6) is -0.999. The molecule has 1 heterocycles. The minimum absolute atomic E-state index is 0.186. The smallest absolute Gasteiger partial charge is 0.325 e. The summed E-state index contributed by atoms with van der Waals surface area (Å²) in [5.41, 5.74) is -0.248. The number of benzene rings is 1. The Morgan fingerprint density at radius 2 is 1.90 bits per heavy atom. The molecule has 1 amide bonds. The maximum absolute atomic E-state index is 13.3. The van der Waals surface area contributed by atoms with Crippen LogP contribution in [0.15, 0.2) is 16.6 Å². The van der Waals surface area contributed by atoms with Gasteiger partial charge in [-0.2, -0.15) is 13.2 Å². The van der Waals surface area contributed by atoms with Crippen molar-refractivity contribution in [3.05, 3.63) is 27.7 Å². The van der Waals surface area contributed by atoms with Crippen LogP contribution in [0, 0.1) is 19.3 Å². The number of carbonyl (C=O) groups is 1. The Balaban J connectivity index is 2.28. The maximum atomic E-state index is 13.3. The number of alkyl halides is 3. The minimum Gasteiger partial charge on any atom is -0.325 e. The lowest BCUT2D eigenvalue weighted by Crippen LogP contribution is -2.49. The maximum Gasteiger partial charge on any atom is 0.404 e. The molecule has 1 aromatic rings. The highest BCUT2D eigenvalue weighted by Gasteiger charge is 2.61. The van der Waals surface area contributed by atoms with Gasteiger partial charge in [-0.05, 0) is 50.1 Å². The van der Waals surface area contributed by atoms with Crippen molar-refractivity contribution in [2.75, 3.05) is 18.4 Å². The van der Waals surface area contributed by atoms with Crippen molar-refractivity contribution in [1.29, 1.82) is 0 Å². The molecule has 1 atom stereocenters. The van der Waals surface area contributed by atoms with Crippen molar-refractivity contribution in [3.63, 3.8) is 0 Å². The molecule has 1 saturated heterocycles. The number of anilines is 1. The largest absolute Gasteiger partial charge is 0.404 e. The van der Waals surface area contributed by atoms with Crippen LogP contribution < -0.4 is 10.6 Å².